The van der Waals surface area contributed by atoms with E-state index < -0.39 is 0 Å². The molecule has 0 saturated carbocycles. The molecule has 1 fully saturated rings. The van der Waals surface area contributed by atoms with Crippen molar-refractivity contribution in [2.24, 2.45) is 5.92 Å². The summed E-state index contributed by atoms with van der Waals surface area (Å²) in [4.78, 5) is 16.8. The van der Waals surface area contributed by atoms with Crippen LogP contribution in [0.2, 0.25) is 5.02 Å². The van der Waals surface area contributed by atoms with Crippen LogP contribution in [0.5, 0.6) is 0 Å². The number of hydrogen-bond donors (Lipinski definition) is 0. The molecule has 0 spiro atoms. The van der Waals surface area contributed by atoms with E-state index in [9.17, 15) is 4.79 Å². The Labute approximate surface area is 131 Å². The maximum atomic E-state index is 12.8. The van der Waals surface area contributed by atoms with Crippen LogP contribution in [-0.2, 0) is 4.74 Å². The minimum atomic E-state index is 0.0456. The number of aryl methyl sites for hydroxylation is 1. The molecule has 5 heteroatoms. The van der Waals surface area contributed by atoms with E-state index in [0.717, 1.165) is 18.7 Å². The lowest BCUT2D eigenvalue weighted by Crippen LogP contribution is -2.38. The van der Waals surface area contributed by atoms with E-state index in [1.54, 1.807) is 6.07 Å². The second-order valence-electron chi connectivity index (χ2n) is 5.91. The van der Waals surface area contributed by atoms with Crippen molar-refractivity contribution >= 4 is 17.5 Å². The van der Waals surface area contributed by atoms with Crippen molar-refractivity contribution < 1.29 is 9.53 Å². The third-order valence-electron chi connectivity index (χ3n) is 3.68. The highest BCUT2D eigenvalue weighted by molar-refractivity contribution is 6.31. The number of hydrogen-bond acceptors (Lipinski definition) is 3. The molecule has 1 atom stereocenters. The number of carbonyl (C=O) groups is 1. The molecule has 1 aromatic rings. The molecule has 0 aromatic heterocycles. The van der Waals surface area contributed by atoms with Gasteiger partial charge in [0.05, 0.1) is 13.2 Å². The lowest BCUT2D eigenvalue weighted by atomic mass is 10.1. The lowest BCUT2D eigenvalue weighted by Gasteiger charge is -2.26. The first-order valence-corrected chi connectivity index (χ1v) is 7.63. The van der Waals surface area contributed by atoms with Crippen LogP contribution in [0.4, 0.5) is 0 Å². The SMILES string of the molecule is Cc1ccc(Cl)cc1C(=O)N1CCOC[C@H](CN(C)C)C1. The van der Waals surface area contributed by atoms with Crippen molar-refractivity contribution in [3.63, 3.8) is 0 Å². The fourth-order valence-corrected chi connectivity index (χ4v) is 2.86. The summed E-state index contributed by atoms with van der Waals surface area (Å²) in [6, 6.07) is 5.46. The molecule has 0 unspecified atom stereocenters. The molecule has 1 amide bonds. The van der Waals surface area contributed by atoms with Crippen LogP contribution in [0.15, 0.2) is 18.2 Å². The monoisotopic (exact) mass is 310 g/mol. The summed E-state index contributed by atoms with van der Waals surface area (Å²) in [5.41, 5.74) is 1.65. The highest BCUT2D eigenvalue weighted by Crippen LogP contribution is 2.19. The van der Waals surface area contributed by atoms with E-state index in [-0.39, 0.29) is 5.91 Å². The first-order chi connectivity index (χ1) is 9.97. The van der Waals surface area contributed by atoms with Crippen molar-refractivity contribution in [3.05, 3.63) is 34.3 Å². The third kappa shape index (κ3) is 4.43. The Hall–Kier alpha value is -1.10. The molecule has 116 valence electrons. The van der Waals surface area contributed by atoms with Gasteiger partial charge in [0.15, 0.2) is 0 Å². The number of carbonyl (C=O) groups excluding carboxylic acids is 1. The van der Waals surface area contributed by atoms with E-state index in [1.807, 2.05) is 38.1 Å². The van der Waals surface area contributed by atoms with Gasteiger partial charge in [-0.25, -0.2) is 0 Å². The molecular weight excluding hydrogens is 288 g/mol. The number of benzene rings is 1. The molecule has 4 nitrogen and oxygen atoms in total. The van der Waals surface area contributed by atoms with Gasteiger partial charge in [0, 0.05) is 36.1 Å². The normalized spacial score (nSPS) is 19.7. The molecule has 2 rings (SSSR count). The Kier molecular flexibility index (Phi) is 5.62. The fraction of sp³-hybridized carbons (Fsp3) is 0.562. The molecule has 0 N–H and O–H groups in total. The fourth-order valence-electron chi connectivity index (χ4n) is 2.69. The first-order valence-electron chi connectivity index (χ1n) is 7.25. The van der Waals surface area contributed by atoms with Crippen molar-refractivity contribution in [2.75, 3.05) is 46.9 Å². The molecule has 1 aliphatic heterocycles. The van der Waals surface area contributed by atoms with Gasteiger partial charge in [0.1, 0.15) is 0 Å². The molecule has 1 aliphatic rings. The summed E-state index contributed by atoms with van der Waals surface area (Å²) in [6.45, 7) is 5.51. The smallest absolute Gasteiger partial charge is 0.254 e. The molecular formula is C16H23ClN2O2. The van der Waals surface area contributed by atoms with Crippen LogP contribution in [0.25, 0.3) is 0 Å². The summed E-state index contributed by atoms with van der Waals surface area (Å²) in [6.07, 6.45) is 0. The van der Waals surface area contributed by atoms with Crippen LogP contribution in [0.1, 0.15) is 15.9 Å². The van der Waals surface area contributed by atoms with E-state index in [1.165, 1.54) is 0 Å². The summed E-state index contributed by atoms with van der Waals surface area (Å²) >= 11 is 6.03. The summed E-state index contributed by atoms with van der Waals surface area (Å²) < 4.78 is 5.63. The average Bonchev–Trinajstić information content (AvgIpc) is 2.65. The van der Waals surface area contributed by atoms with E-state index >= 15 is 0 Å². The number of ether oxygens (including phenoxy) is 1. The maximum Gasteiger partial charge on any atom is 0.254 e. The van der Waals surface area contributed by atoms with Crippen molar-refractivity contribution in [1.82, 2.24) is 9.80 Å². The van der Waals surface area contributed by atoms with Gasteiger partial charge in [-0.05, 0) is 38.7 Å². The minimum absolute atomic E-state index is 0.0456. The average molecular weight is 311 g/mol. The summed E-state index contributed by atoms with van der Waals surface area (Å²) in [5.74, 6) is 0.384. The topological polar surface area (TPSA) is 32.8 Å². The Morgan fingerprint density at radius 2 is 2.24 bits per heavy atom. The summed E-state index contributed by atoms with van der Waals surface area (Å²) in [5, 5.41) is 0.597. The number of amides is 1. The maximum absolute atomic E-state index is 12.8. The zero-order valence-corrected chi connectivity index (χ0v) is 13.7. The van der Waals surface area contributed by atoms with Crippen molar-refractivity contribution in [1.29, 1.82) is 0 Å². The predicted molar refractivity (Wildman–Crippen MR) is 85.0 cm³/mol. The van der Waals surface area contributed by atoms with Gasteiger partial charge >= 0.3 is 0 Å². The van der Waals surface area contributed by atoms with Crippen LogP contribution in [-0.4, -0.2) is 62.7 Å². The van der Waals surface area contributed by atoms with Gasteiger partial charge in [-0.15, -0.1) is 0 Å². The van der Waals surface area contributed by atoms with E-state index in [2.05, 4.69) is 4.90 Å². The number of rotatable bonds is 3. The second-order valence-corrected chi connectivity index (χ2v) is 6.35. The lowest BCUT2D eigenvalue weighted by molar-refractivity contribution is 0.0734. The zero-order chi connectivity index (χ0) is 15.4. The molecule has 21 heavy (non-hydrogen) atoms. The number of nitrogens with zero attached hydrogens (tertiary/aromatic N) is 2. The molecule has 1 saturated heterocycles. The molecule has 0 aliphatic carbocycles. The standard InChI is InChI=1S/C16H23ClN2O2/c1-12-4-5-14(17)8-15(12)16(20)19-6-7-21-11-13(10-19)9-18(2)3/h4-5,8,13H,6-7,9-11H2,1-3H3/t13-/m1/s1. The Balaban J connectivity index is 2.14. The highest BCUT2D eigenvalue weighted by atomic mass is 35.5. The van der Waals surface area contributed by atoms with E-state index in [0.29, 0.717) is 36.3 Å². The third-order valence-corrected chi connectivity index (χ3v) is 3.91. The van der Waals surface area contributed by atoms with Gasteiger partial charge in [-0.2, -0.15) is 0 Å². The van der Waals surface area contributed by atoms with Gasteiger partial charge in [0.2, 0.25) is 0 Å². The Morgan fingerprint density at radius 3 is 2.95 bits per heavy atom. The molecule has 0 radical (unpaired) electrons. The largest absolute Gasteiger partial charge is 0.379 e. The Morgan fingerprint density at radius 1 is 1.48 bits per heavy atom. The van der Waals surface area contributed by atoms with Gasteiger partial charge in [0.25, 0.3) is 5.91 Å². The van der Waals surface area contributed by atoms with Gasteiger partial charge in [-0.1, -0.05) is 17.7 Å². The zero-order valence-electron chi connectivity index (χ0n) is 12.9. The Bertz CT molecular complexity index is 505. The second kappa shape index (κ2) is 7.25. The van der Waals surface area contributed by atoms with Gasteiger partial charge in [-0.3, -0.25) is 4.79 Å². The van der Waals surface area contributed by atoms with Crippen molar-refractivity contribution in [2.45, 2.75) is 6.92 Å². The van der Waals surface area contributed by atoms with E-state index in [4.69, 9.17) is 16.3 Å². The molecule has 0 bridgehead atoms. The van der Waals surface area contributed by atoms with Crippen molar-refractivity contribution in [3.8, 4) is 0 Å². The quantitative estimate of drug-likeness (QED) is 0.859. The van der Waals surface area contributed by atoms with Gasteiger partial charge < -0.3 is 14.5 Å². The van der Waals surface area contributed by atoms with Crippen LogP contribution in [0.3, 0.4) is 0 Å². The summed E-state index contributed by atoms with van der Waals surface area (Å²) in [7, 11) is 4.08. The first kappa shape index (κ1) is 16.3. The number of halogens is 1. The van der Waals surface area contributed by atoms with Crippen LogP contribution < -0.4 is 0 Å². The van der Waals surface area contributed by atoms with Crippen LogP contribution in [0, 0.1) is 12.8 Å². The highest BCUT2D eigenvalue weighted by Gasteiger charge is 2.24. The molecule has 1 heterocycles. The minimum Gasteiger partial charge on any atom is -0.379 e. The molecule has 1 aromatic carbocycles. The van der Waals surface area contributed by atoms with Crippen LogP contribution >= 0.6 is 11.6 Å². The predicted octanol–water partition coefficient (Wildman–Crippen LogP) is 2.30.